The highest BCUT2D eigenvalue weighted by Crippen LogP contribution is 1.96. The number of rotatable bonds is 7. The quantitative estimate of drug-likeness (QED) is 0.352. The Morgan fingerprint density at radius 2 is 1.17 bits per heavy atom. The topological polar surface area (TPSA) is 36.9 Å². The summed E-state index contributed by atoms with van der Waals surface area (Å²) >= 11 is 0. The molecule has 0 amide bonds. The van der Waals surface area contributed by atoms with Crippen molar-refractivity contribution >= 4 is 17.1 Å². The molecular weight excluding hydrogens is 192 g/mol. The average Bonchev–Trinajstić information content (AvgIpc) is 2.10. The van der Waals surface area contributed by atoms with Gasteiger partial charge in [0.1, 0.15) is 0 Å². The van der Waals surface area contributed by atoms with Crippen LogP contribution in [0.2, 0.25) is 13.1 Å². The van der Waals surface area contributed by atoms with Crippen molar-refractivity contribution in [2.45, 2.75) is 26.9 Å². The van der Waals surface area contributed by atoms with E-state index in [-0.39, 0.29) is 0 Å². The molecule has 2 atom stereocenters. The highest BCUT2D eigenvalue weighted by molar-refractivity contribution is 7.15. The first-order valence-corrected chi connectivity index (χ1v) is 10.2. The molecule has 0 aromatic carbocycles. The summed E-state index contributed by atoms with van der Waals surface area (Å²) in [7, 11) is -2.55. The molecule has 0 fully saturated rings. The van der Waals surface area contributed by atoms with Crippen LogP contribution in [0.4, 0.5) is 0 Å². The molecule has 0 aromatic heterocycles. The Balaban J connectivity index is 3.39. The first-order valence-electron chi connectivity index (χ1n) is 4.28. The van der Waals surface area contributed by atoms with Crippen LogP contribution in [0, 0.1) is 0 Å². The number of hydrogen-bond acceptors (Lipinski definition) is 4. The molecule has 0 rings (SSSR count). The molecule has 74 valence electrons. The summed E-state index contributed by atoms with van der Waals surface area (Å²) in [6, 6.07) is 0. The molecule has 0 aliphatic heterocycles. The number of hydrogen-bond donors (Lipinski definition) is 0. The van der Waals surface area contributed by atoms with Gasteiger partial charge in [-0.05, 0) is 26.9 Å². The van der Waals surface area contributed by atoms with Gasteiger partial charge in [0, 0.05) is 0 Å². The molecule has 4 nitrogen and oxygen atoms in total. The molecule has 0 saturated heterocycles. The molecular formula is C6H18O4Si2. The second kappa shape index (κ2) is 7.90. The molecule has 0 heterocycles. The Kier molecular flexibility index (Phi) is 8.08. The highest BCUT2D eigenvalue weighted by atomic mass is 29.2. The fourth-order valence-electron chi connectivity index (χ4n) is 0.507. The third kappa shape index (κ3) is 5.87. The normalized spacial score (nSPS) is 16.0. The van der Waals surface area contributed by atoms with Gasteiger partial charge in [-0.15, -0.1) is 0 Å². The van der Waals surface area contributed by atoms with E-state index in [0.29, 0.717) is 13.2 Å². The largest absolute Gasteiger partial charge is 0.291 e. The predicted octanol–water partition coefficient (Wildman–Crippen LogP) is 0.708. The van der Waals surface area contributed by atoms with E-state index in [1.54, 1.807) is 0 Å². The maximum atomic E-state index is 5.15. The molecule has 0 aromatic rings. The van der Waals surface area contributed by atoms with Crippen LogP contribution < -0.4 is 0 Å². The fourth-order valence-corrected chi connectivity index (χ4v) is 2.93. The highest BCUT2D eigenvalue weighted by Gasteiger charge is 2.20. The van der Waals surface area contributed by atoms with Crippen molar-refractivity contribution in [1.29, 1.82) is 0 Å². The van der Waals surface area contributed by atoms with Crippen LogP contribution in [0.5, 0.6) is 0 Å². The zero-order valence-electron chi connectivity index (χ0n) is 8.20. The summed E-state index contributed by atoms with van der Waals surface area (Å²) in [5.74, 6) is 0. The molecule has 0 spiro atoms. The monoisotopic (exact) mass is 210 g/mol. The van der Waals surface area contributed by atoms with Gasteiger partial charge in [-0.2, -0.15) is 0 Å². The predicted molar refractivity (Wildman–Crippen MR) is 51.4 cm³/mol. The van der Waals surface area contributed by atoms with E-state index in [2.05, 4.69) is 13.1 Å². The summed E-state index contributed by atoms with van der Waals surface area (Å²) in [6.45, 7) is 9.10. The van der Waals surface area contributed by atoms with E-state index >= 15 is 0 Å². The Morgan fingerprint density at radius 3 is 1.42 bits per heavy atom. The van der Waals surface area contributed by atoms with Gasteiger partial charge in [0.25, 0.3) is 0 Å². The summed E-state index contributed by atoms with van der Waals surface area (Å²) in [5, 5.41) is 0. The van der Waals surface area contributed by atoms with Crippen molar-refractivity contribution in [3.8, 4) is 0 Å². The van der Waals surface area contributed by atoms with E-state index < -0.39 is 17.1 Å². The molecule has 0 N–H and O–H groups in total. The van der Waals surface area contributed by atoms with Crippen LogP contribution >= 0.6 is 0 Å². The van der Waals surface area contributed by atoms with Gasteiger partial charge in [0.2, 0.25) is 17.1 Å². The standard InChI is InChI=1S/C6H18O4Si2/c1-5-7-9-11(3)12(4)10-8-6-2/h11-12H,5-6H2,1-4H3. The molecule has 6 heteroatoms. The first-order chi connectivity index (χ1) is 5.72. The maximum Gasteiger partial charge on any atom is 0.240 e. The van der Waals surface area contributed by atoms with E-state index in [9.17, 15) is 0 Å². The van der Waals surface area contributed by atoms with Crippen molar-refractivity contribution < 1.29 is 18.9 Å². The summed E-state index contributed by atoms with van der Waals surface area (Å²) in [4.78, 5) is 9.71. The molecule has 12 heavy (non-hydrogen) atoms. The molecule has 0 aliphatic carbocycles. The average molecular weight is 210 g/mol. The third-order valence-electron chi connectivity index (χ3n) is 1.34. The SMILES string of the molecule is CCOO[SiH](C)[SiH](C)OOCC. The Hall–Kier alpha value is 0.274. The maximum absolute atomic E-state index is 5.15. The lowest BCUT2D eigenvalue weighted by molar-refractivity contribution is -0.218. The second-order valence-electron chi connectivity index (χ2n) is 2.42. The van der Waals surface area contributed by atoms with E-state index in [1.807, 2.05) is 13.8 Å². The third-order valence-corrected chi connectivity index (χ3v) is 8.17. The van der Waals surface area contributed by atoms with Gasteiger partial charge in [-0.1, -0.05) is 0 Å². The van der Waals surface area contributed by atoms with Crippen molar-refractivity contribution in [2.24, 2.45) is 0 Å². The van der Waals surface area contributed by atoms with Crippen LogP contribution in [-0.2, 0) is 18.9 Å². The Morgan fingerprint density at radius 1 is 0.833 bits per heavy atom. The van der Waals surface area contributed by atoms with Crippen LogP contribution in [0.1, 0.15) is 13.8 Å². The minimum Gasteiger partial charge on any atom is -0.291 e. The van der Waals surface area contributed by atoms with Crippen LogP contribution in [-0.4, -0.2) is 30.3 Å². The first kappa shape index (κ1) is 12.3. The smallest absolute Gasteiger partial charge is 0.240 e. The summed E-state index contributed by atoms with van der Waals surface area (Å²) in [6.07, 6.45) is 0. The molecule has 0 bridgehead atoms. The zero-order chi connectivity index (χ0) is 9.40. The van der Waals surface area contributed by atoms with Crippen LogP contribution in [0.15, 0.2) is 0 Å². The van der Waals surface area contributed by atoms with Crippen molar-refractivity contribution in [3.05, 3.63) is 0 Å². The van der Waals surface area contributed by atoms with Crippen molar-refractivity contribution in [1.82, 2.24) is 0 Å². The lowest BCUT2D eigenvalue weighted by Crippen LogP contribution is -2.36. The van der Waals surface area contributed by atoms with Crippen LogP contribution in [0.25, 0.3) is 0 Å². The van der Waals surface area contributed by atoms with Gasteiger partial charge < -0.3 is 0 Å². The molecule has 2 unspecified atom stereocenters. The molecule has 0 radical (unpaired) electrons. The zero-order valence-corrected chi connectivity index (χ0v) is 10.5. The lowest BCUT2D eigenvalue weighted by Gasteiger charge is -2.14. The molecule has 0 aliphatic rings. The van der Waals surface area contributed by atoms with Gasteiger partial charge in [-0.3, -0.25) is 9.15 Å². The van der Waals surface area contributed by atoms with Gasteiger partial charge in [0.05, 0.1) is 13.2 Å². The van der Waals surface area contributed by atoms with Crippen molar-refractivity contribution in [3.63, 3.8) is 0 Å². The Labute approximate surface area is 76.9 Å². The fraction of sp³-hybridized carbons (Fsp3) is 1.00. The van der Waals surface area contributed by atoms with Gasteiger partial charge >= 0.3 is 0 Å². The lowest BCUT2D eigenvalue weighted by atomic mass is 10.9. The summed E-state index contributed by atoms with van der Waals surface area (Å²) in [5.41, 5.74) is 0. The minimum atomic E-state index is -1.28. The van der Waals surface area contributed by atoms with Crippen molar-refractivity contribution in [2.75, 3.05) is 13.2 Å². The summed E-state index contributed by atoms with van der Waals surface area (Å²) < 4.78 is 10.3. The minimum absolute atomic E-state index is 0.590. The van der Waals surface area contributed by atoms with Gasteiger partial charge in [0.15, 0.2) is 0 Å². The van der Waals surface area contributed by atoms with Crippen LogP contribution in [0.3, 0.4) is 0 Å². The Bertz CT molecular complexity index is 91.5. The van der Waals surface area contributed by atoms with E-state index in [1.165, 1.54) is 0 Å². The van der Waals surface area contributed by atoms with Gasteiger partial charge in [-0.25, -0.2) is 9.78 Å². The van der Waals surface area contributed by atoms with E-state index in [0.717, 1.165) is 0 Å². The molecule has 0 saturated carbocycles. The van der Waals surface area contributed by atoms with E-state index in [4.69, 9.17) is 18.9 Å². The second-order valence-corrected chi connectivity index (χ2v) is 11.3.